The van der Waals surface area contributed by atoms with Gasteiger partial charge in [0, 0.05) is 36.2 Å². The van der Waals surface area contributed by atoms with E-state index in [1.165, 1.54) is 28.3 Å². The summed E-state index contributed by atoms with van der Waals surface area (Å²) in [6, 6.07) is 12.7. The summed E-state index contributed by atoms with van der Waals surface area (Å²) in [6.07, 6.45) is 4.53. The summed E-state index contributed by atoms with van der Waals surface area (Å²) in [5, 5.41) is 0. The van der Waals surface area contributed by atoms with E-state index in [1.807, 2.05) is 12.1 Å². The summed E-state index contributed by atoms with van der Waals surface area (Å²) < 4.78 is 27.9. The van der Waals surface area contributed by atoms with E-state index in [4.69, 9.17) is 0 Å². The topological polar surface area (TPSA) is 57.7 Å². The Bertz CT molecular complexity index is 981. The highest BCUT2D eigenvalue weighted by atomic mass is 79.9. The molecule has 1 heterocycles. The van der Waals surface area contributed by atoms with Crippen molar-refractivity contribution in [2.75, 3.05) is 26.2 Å². The van der Waals surface area contributed by atoms with Gasteiger partial charge in [0.1, 0.15) is 0 Å². The molecule has 0 N–H and O–H groups in total. The first-order valence-corrected chi connectivity index (χ1v) is 11.9. The molecule has 148 valence electrons. The average molecular weight is 463 g/mol. The number of rotatable bonds is 3. The first-order valence-electron chi connectivity index (χ1n) is 9.62. The Morgan fingerprint density at radius 3 is 2.18 bits per heavy atom. The van der Waals surface area contributed by atoms with E-state index in [0.29, 0.717) is 31.7 Å². The van der Waals surface area contributed by atoms with Crippen LogP contribution in [0.15, 0.2) is 51.8 Å². The number of hydrogen-bond donors (Lipinski definition) is 0. The van der Waals surface area contributed by atoms with Crippen molar-refractivity contribution < 1.29 is 13.2 Å². The van der Waals surface area contributed by atoms with Crippen molar-refractivity contribution in [2.24, 2.45) is 0 Å². The van der Waals surface area contributed by atoms with Gasteiger partial charge < -0.3 is 4.90 Å². The van der Waals surface area contributed by atoms with Gasteiger partial charge in [-0.25, -0.2) is 8.42 Å². The maximum atomic E-state index is 12.9. The lowest BCUT2D eigenvalue weighted by Gasteiger charge is -2.34. The third kappa shape index (κ3) is 3.88. The van der Waals surface area contributed by atoms with E-state index in [2.05, 4.69) is 22.0 Å². The van der Waals surface area contributed by atoms with Crippen LogP contribution in [0.1, 0.15) is 34.3 Å². The van der Waals surface area contributed by atoms with Gasteiger partial charge in [-0.3, -0.25) is 4.79 Å². The van der Waals surface area contributed by atoms with Gasteiger partial charge in [-0.15, -0.1) is 0 Å². The van der Waals surface area contributed by atoms with Crippen molar-refractivity contribution in [3.8, 4) is 0 Å². The van der Waals surface area contributed by atoms with Crippen molar-refractivity contribution in [1.29, 1.82) is 0 Å². The molecule has 2 aromatic carbocycles. The number of fused-ring (bicyclic) bond motifs is 1. The predicted molar refractivity (Wildman–Crippen MR) is 112 cm³/mol. The first-order chi connectivity index (χ1) is 13.4. The van der Waals surface area contributed by atoms with E-state index >= 15 is 0 Å². The van der Waals surface area contributed by atoms with Gasteiger partial charge in [0.15, 0.2) is 0 Å². The van der Waals surface area contributed by atoms with Gasteiger partial charge in [-0.05, 0) is 73.2 Å². The number of piperazine rings is 1. The van der Waals surface area contributed by atoms with Crippen LogP contribution in [0.4, 0.5) is 0 Å². The Morgan fingerprint density at radius 2 is 1.50 bits per heavy atom. The minimum Gasteiger partial charge on any atom is -0.336 e. The van der Waals surface area contributed by atoms with E-state index in [-0.39, 0.29) is 10.8 Å². The number of hydrogen-bond acceptors (Lipinski definition) is 3. The second-order valence-electron chi connectivity index (χ2n) is 7.34. The Balaban J connectivity index is 1.44. The summed E-state index contributed by atoms with van der Waals surface area (Å²) in [5.41, 5.74) is 3.35. The van der Waals surface area contributed by atoms with Crippen molar-refractivity contribution in [1.82, 2.24) is 9.21 Å². The molecule has 0 aromatic heterocycles. The molecule has 28 heavy (non-hydrogen) atoms. The van der Waals surface area contributed by atoms with Gasteiger partial charge >= 0.3 is 0 Å². The van der Waals surface area contributed by atoms with Crippen molar-refractivity contribution >= 4 is 31.9 Å². The molecular formula is C21H23BrN2O3S. The molecule has 0 unspecified atom stereocenters. The molecule has 7 heteroatoms. The fraction of sp³-hybridized carbons (Fsp3) is 0.381. The van der Waals surface area contributed by atoms with Gasteiger partial charge in [0.2, 0.25) is 10.0 Å². The van der Waals surface area contributed by atoms with Gasteiger partial charge in [-0.1, -0.05) is 22.0 Å². The third-order valence-electron chi connectivity index (χ3n) is 5.57. The Hall–Kier alpha value is -1.70. The smallest absolute Gasteiger partial charge is 0.253 e. The number of halogens is 1. The lowest BCUT2D eigenvalue weighted by atomic mass is 9.90. The lowest BCUT2D eigenvalue weighted by Crippen LogP contribution is -2.50. The summed E-state index contributed by atoms with van der Waals surface area (Å²) in [6.45, 7) is 1.45. The number of benzene rings is 2. The van der Waals surface area contributed by atoms with Gasteiger partial charge in [0.05, 0.1) is 4.90 Å². The minimum absolute atomic E-state index is 0.00550. The second-order valence-corrected chi connectivity index (χ2v) is 10.2. The van der Waals surface area contributed by atoms with Crippen LogP contribution < -0.4 is 0 Å². The summed E-state index contributed by atoms with van der Waals surface area (Å²) in [5.74, 6) is -0.00550. The third-order valence-corrected chi connectivity index (χ3v) is 8.01. The lowest BCUT2D eigenvalue weighted by molar-refractivity contribution is 0.0697. The van der Waals surface area contributed by atoms with Crippen LogP contribution in [0, 0.1) is 0 Å². The molecule has 1 saturated heterocycles. The molecule has 0 bridgehead atoms. The molecule has 2 aliphatic rings. The van der Waals surface area contributed by atoms with E-state index in [9.17, 15) is 13.2 Å². The normalized spacial score (nSPS) is 18.0. The molecule has 1 aliphatic heterocycles. The van der Waals surface area contributed by atoms with Gasteiger partial charge in [0.25, 0.3) is 5.91 Å². The van der Waals surface area contributed by atoms with Crippen LogP contribution in [-0.4, -0.2) is 49.7 Å². The molecule has 4 rings (SSSR count). The quantitative estimate of drug-likeness (QED) is 0.701. The predicted octanol–water partition coefficient (Wildman–Crippen LogP) is 3.47. The maximum Gasteiger partial charge on any atom is 0.253 e. The van der Waals surface area contributed by atoms with Crippen LogP contribution in [0.3, 0.4) is 0 Å². The van der Waals surface area contributed by atoms with E-state index in [0.717, 1.165) is 17.3 Å². The van der Waals surface area contributed by atoms with Crippen LogP contribution in [0.5, 0.6) is 0 Å². The molecule has 1 fully saturated rings. The van der Waals surface area contributed by atoms with E-state index in [1.54, 1.807) is 29.2 Å². The molecule has 0 radical (unpaired) electrons. The fourth-order valence-electron chi connectivity index (χ4n) is 3.94. The summed E-state index contributed by atoms with van der Waals surface area (Å²) >= 11 is 3.32. The Labute approximate surface area is 174 Å². The zero-order valence-corrected chi connectivity index (χ0v) is 18.0. The van der Waals surface area contributed by atoms with Gasteiger partial charge in [-0.2, -0.15) is 4.31 Å². The zero-order valence-electron chi connectivity index (χ0n) is 15.6. The fourth-order valence-corrected chi connectivity index (χ4v) is 5.62. The number of nitrogens with zero attached hydrogens (tertiary/aromatic N) is 2. The number of sulfonamides is 1. The highest BCUT2D eigenvalue weighted by Crippen LogP contribution is 2.24. The summed E-state index contributed by atoms with van der Waals surface area (Å²) in [7, 11) is -3.53. The number of amides is 1. The van der Waals surface area contributed by atoms with Crippen LogP contribution >= 0.6 is 15.9 Å². The molecule has 1 aliphatic carbocycles. The Kier molecular flexibility index (Phi) is 5.58. The van der Waals surface area contributed by atoms with E-state index < -0.39 is 10.0 Å². The monoisotopic (exact) mass is 462 g/mol. The van der Waals surface area contributed by atoms with Crippen LogP contribution in [0.25, 0.3) is 0 Å². The molecule has 0 atom stereocenters. The van der Waals surface area contributed by atoms with Crippen molar-refractivity contribution in [2.45, 2.75) is 30.6 Å². The maximum absolute atomic E-state index is 12.9. The number of aryl methyl sites for hydroxylation is 2. The van der Waals surface area contributed by atoms with Crippen LogP contribution in [0.2, 0.25) is 0 Å². The second kappa shape index (κ2) is 7.97. The molecule has 1 amide bonds. The average Bonchev–Trinajstić information content (AvgIpc) is 2.73. The standard InChI is InChI=1S/C21H23BrN2O3S/c22-19-7-9-20(10-8-19)28(26,27)24-13-11-23(12-14-24)21(25)18-6-5-16-3-1-2-4-17(16)15-18/h5-10,15H,1-4,11-14H2. The number of carbonyl (C=O) groups excluding carboxylic acids is 1. The summed E-state index contributed by atoms with van der Waals surface area (Å²) in [4.78, 5) is 14.9. The molecule has 0 saturated carbocycles. The SMILES string of the molecule is O=C(c1ccc2c(c1)CCCC2)N1CCN(S(=O)(=O)c2ccc(Br)cc2)CC1. The minimum atomic E-state index is -3.53. The zero-order chi connectivity index (χ0) is 19.7. The largest absolute Gasteiger partial charge is 0.336 e. The van der Waals surface area contributed by atoms with Crippen molar-refractivity contribution in [3.05, 3.63) is 63.6 Å². The molecule has 2 aromatic rings. The number of carbonyl (C=O) groups is 1. The first kappa shape index (κ1) is 19.6. The highest BCUT2D eigenvalue weighted by molar-refractivity contribution is 9.10. The molecule has 0 spiro atoms. The van der Waals surface area contributed by atoms with Crippen molar-refractivity contribution in [3.63, 3.8) is 0 Å². The molecule has 5 nitrogen and oxygen atoms in total. The molecular weight excluding hydrogens is 440 g/mol. The Morgan fingerprint density at radius 1 is 0.857 bits per heavy atom. The highest BCUT2D eigenvalue weighted by Gasteiger charge is 2.30. The van der Waals surface area contributed by atoms with Crippen LogP contribution in [-0.2, 0) is 22.9 Å².